The Labute approximate surface area is 109 Å². The molecule has 0 radical (unpaired) electrons. The van der Waals surface area contributed by atoms with E-state index in [1.165, 1.54) is 0 Å². The van der Waals surface area contributed by atoms with Crippen molar-refractivity contribution in [3.05, 3.63) is 0 Å². The van der Waals surface area contributed by atoms with Crippen LogP contribution < -0.4 is 0 Å². The van der Waals surface area contributed by atoms with Crippen LogP contribution in [0.5, 0.6) is 0 Å². The van der Waals surface area contributed by atoms with Gasteiger partial charge in [-0.1, -0.05) is 0 Å². The van der Waals surface area contributed by atoms with Crippen LogP contribution in [0.15, 0.2) is 0 Å². The lowest BCUT2D eigenvalue weighted by Gasteiger charge is -2.10. The van der Waals surface area contributed by atoms with E-state index in [0.29, 0.717) is 0 Å². The molecule has 102 valence electrons. The topological polar surface area (TPSA) is 34.1 Å². The molecule has 0 spiro atoms. The van der Waals surface area contributed by atoms with Gasteiger partial charge in [0.25, 0.3) is 0 Å². The minimum Gasteiger partial charge on any atom is -0.260 e. The molecule has 0 saturated carbocycles. The second kappa shape index (κ2) is 9.68. The monoisotopic (exact) mass is 402 g/mol. The van der Waals surface area contributed by atoms with Crippen molar-refractivity contribution in [2.24, 2.45) is 0 Å². The van der Waals surface area contributed by atoms with Crippen molar-refractivity contribution in [3.63, 3.8) is 0 Å². The van der Waals surface area contributed by atoms with Crippen molar-refractivity contribution in [1.82, 2.24) is 0 Å². The number of hydrogen-bond acceptors (Lipinski definition) is 2. The highest BCUT2D eigenvalue weighted by atomic mass is 127. The van der Waals surface area contributed by atoms with Crippen LogP contribution >= 0.6 is 22.6 Å². The Kier molecular flexibility index (Phi) is 13.3. The van der Waals surface area contributed by atoms with Crippen LogP contribution in [0, 0.1) is 0 Å². The van der Waals surface area contributed by atoms with Crippen molar-refractivity contribution in [2.75, 3.05) is 25.0 Å². The highest BCUT2D eigenvalue weighted by Crippen LogP contribution is 2.40. The van der Waals surface area contributed by atoms with E-state index < -0.39 is 31.7 Å². The summed E-state index contributed by atoms with van der Waals surface area (Å²) in [5, 5.41) is 0. The minimum absolute atomic E-state index is 0.0250. The molecular weight excluding hydrogens is 390 g/mol. The van der Waals surface area contributed by atoms with Gasteiger partial charge in [0.05, 0.1) is 0 Å². The molecule has 0 N–H and O–H groups in total. The molecule has 0 aromatic carbocycles. The fourth-order valence-corrected chi connectivity index (χ4v) is 0. The van der Waals surface area contributed by atoms with Crippen molar-refractivity contribution in [3.8, 4) is 0 Å². The van der Waals surface area contributed by atoms with Crippen LogP contribution in [0.1, 0.15) is 0 Å². The second-order valence-electron chi connectivity index (χ2n) is 2.48. The third-order valence-electron chi connectivity index (χ3n) is 0.321. The third kappa shape index (κ3) is 29.3. The summed E-state index contributed by atoms with van der Waals surface area (Å²) in [5.41, 5.74) is 0. The molecule has 0 aliphatic rings. The summed E-state index contributed by atoms with van der Waals surface area (Å²) in [6.07, 6.45) is 1.15. The molecule has 0 bridgehead atoms. The Morgan fingerprint density at radius 3 is 0.875 bits per heavy atom. The largest absolute Gasteiger partial charge is 0.463 e. The van der Waals surface area contributed by atoms with E-state index in [9.17, 15) is 30.4 Å². The summed E-state index contributed by atoms with van der Waals surface area (Å²) in [5.74, 6) is 0. The average Bonchev–Trinajstić information content (AvgIpc) is 1.76. The van der Waals surface area contributed by atoms with Crippen LogP contribution in [0.2, 0.25) is 0 Å². The summed E-state index contributed by atoms with van der Waals surface area (Å²) in [7, 11) is -1.22. The van der Waals surface area contributed by atoms with Crippen LogP contribution in [0.4, 0.5) is 22.0 Å². The first kappa shape index (κ1) is 21.9. The Morgan fingerprint density at radius 1 is 0.812 bits per heavy atom. The van der Waals surface area contributed by atoms with Gasteiger partial charge in [-0.2, -0.15) is 22.0 Å². The highest BCUT2D eigenvalue weighted by molar-refractivity contribution is 14.1. The number of alkyl halides is 6. The predicted molar refractivity (Wildman–Crippen MR) is 65.0 cm³/mol. The maximum absolute atomic E-state index is 11.1. The Bertz CT molecular complexity index is 194. The van der Waals surface area contributed by atoms with Gasteiger partial charge in [-0.05, 0) is 0 Å². The standard InChI is InChI=1S/C2F5I.2C2H6OS/c3-1(4,5)2(6,7)8;2*1-4(2)3/h;2*1-2H3. The van der Waals surface area contributed by atoms with Crippen LogP contribution in [-0.2, 0) is 21.6 Å². The molecule has 16 heavy (non-hydrogen) atoms. The Balaban J connectivity index is -0.000000179. The predicted octanol–water partition coefficient (Wildman–Crippen LogP) is 2.57. The van der Waals surface area contributed by atoms with Crippen molar-refractivity contribution in [1.29, 1.82) is 0 Å². The van der Waals surface area contributed by atoms with E-state index >= 15 is 0 Å². The van der Waals surface area contributed by atoms with Crippen LogP contribution in [-0.4, -0.2) is 43.5 Å². The molecule has 0 amide bonds. The maximum atomic E-state index is 11.1. The van der Waals surface area contributed by atoms with Gasteiger partial charge in [0.15, 0.2) is 0 Å². The van der Waals surface area contributed by atoms with Crippen molar-refractivity contribution < 1.29 is 30.4 Å². The van der Waals surface area contributed by atoms with Gasteiger partial charge >= 0.3 is 10.1 Å². The van der Waals surface area contributed by atoms with Gasteiger partial charge in [0.2, 0.25) is 0 Å². The molecule has 0 fully saturated rings. The van der Waals surface area contributed by atoms with Crippen molar-refractivity contribution in [2.45, 2.75) is 10.1 Å². The minimum atomic E-state index is -5.41. The quantitative estimate of drug-likeness (QED) is 0.355. The molecule has 0 aliphatic heterocycles. The van der Waals surface area contributed by atoms with Gasteiger partial charge in [0.1, 0.15) is 0 Å². The molecule has 0 saturated heterocycles. The zero-order valence-corrected chi connectivity index (χ0v) is 12.7. The van der Waals surface area contributed by atoms with E-state index in [4.69, 9.17) is 0 Å². The zero-order valence-electron chi connectivity index (χ0n) is 8.90. The van der Waals surface area contributed by atoms with Crippen LogP contribution in [0.25, 0.3) is 0 Å². The van der Waals surface area contributed by atoms with Gasteiger partial charge in [0, 0.05) is 69.2 Å². The molecule has 2 nitrogen and oxygen atoms in total. The summed E-state index contributed by atoms with van der Waals surface area (Å²) < 4.78 is 69.1. The average molecular weight is 402 g/mol. The summed E-state index contributed by atoms with van der Waals surface area (Å²) >= 11 is 0.0250. The fraction of sp³-hybridized carbons (Fsp3) is 1.00. The van der Waals surface area contributed by atoms with Gasteiger partial charge in [-0.25, -0.2) is 0 Å². The molecule has 0 rings (SSSR count). The third-order valence-corrected chi connectivity index (χ3v) is 0.933. The fourth-order valence-electron chi connectivity index (χ4n) is 0. The number of halogens is 6. The second-order valence-corrected chi connectivity index (χ2v) is 6.80. The SMILES string of the molecule is CS(C)=O.CS(C)=O.FC(F)(F)C(F)(F)I. The normalized spacial score (nSPS) is 11.5. The lowest BCUT2D eigenvalue weighted by molar-refractivity contribution is -0.228. The first-order chi connectivity index (χ1) is 6.71. The smallest absolute Gasteiger partial charge is 0.260 e. The molecule has 0 heterocycles. The summed E-state index contributed by atoms with van der Waals surface area (Å²) in [6.45, 7) is 0. The van der Waals surface area contributed by atoms with Crippen LogP contribution in [0.3, 0.4) is 0 Å². The molecule has 0 unspecified atom stereocenters. The van der Waals surface area contributed by atoms with Gasteiger partial charge in [-0.3, -0.25) is 8.42 Å². The Hall–Kier alpha value is 0.680. The van der Waals surface area contributed by atoms with E-state index in [1.54, 1.807) is 25.0 Å². The van der Waals surface area contributed by atoms with Gasteiger partial charge < -0.3 is 0 Å². The summed E-state index contributed by atoms with van der Waals surface area (Å²) in [6, 6.07) is 0. The molecule has 0 aromatic rings. The molecule has 0 aromatic heterocycles. The number of hydrogen-bond donors (Lipinski definition) is 0. The highest BCUT2D eigenvalue weighted by Gasteiger charge is 2.55. The van der Waals surface area contributed by atoms with E-state index in [1.807, 2.05) is 0 Å². The Morgan fingerprint density at radius 2 is 0.875 bits per heavy atom. The first-order valence-electron chi connectivity index (χ1n) is 3.35. The van der Waals surface area contributed by atoms with E-state index in [0.717, 1.165) is 0 Å². The van der Waals surface area contributed by atoms with E-state index in [-0.39, 0.29) is 22.6 Å². The molecule has 10 heteroatoms. The lowest BCUT2D eigenvalue weighted by atomic mass is 10.7. The number of rotatable bonds is 0. The maximum Gasteiger partial charge on any atom is 0.463 e. The molecule has 0 aliphatic carbocycles. The molecule has 0 atom stereocenters. The van der Waals surface area contributed by atoms with Crippen molar-refractivity contribution >= 4 is 44.2 Å². The summed E-state index contributed by atoms with van der Waals surface area (Å²) in [4.78, 5) is 0. The lowest BCUT2D eigenvalue weighted by Crippen LogP contribution is -2.29. The molecular formula is C6H12F5IO2S2. The van der Waals surface area contributed by atoms with Gasteiger partial charge in [-0.15, -0.1) is 0 Å². The first-order valence-corrected chi connectivity index (χ1v) is 8.36. The van der Waals surface area contributed by atoms with E-state index in [2.05, 4.69) is 0 Å². The zero-order chi connectivity index (χ0) is 14.2.